The molecule has 0 radical (unpaired) electrons. The first-order chi connectivity index (χ1) is 14.5. The highest BCUT2D eigenvalue weighted by molar-refractivity contribution is 5.89. The van der Waals surface area contributed by atoms with Crippen LogP contribution in [0.4, 0.5) is 5.69 Å². The van der Waals surface area contributed by atoms with E-state index in [0.29, 0.717) is 5.75 Å². The van der Waals surface area contributed by atoms with Crippen molar-refractivity contribution >= 4 is 23.4 Å². The number of nitrogens with one attached hydrogen (secondary N) is 2. The van der Waals surface area contributed by atoms with Gasteiger partial charge in [-0.15, -0.1) is 0 Å². The number of rotatable bonds is 8. The van der Waals surface area contributed by atoms with Gasteiger partial charge in [0.1, 0.15) is 5.75 Å². The summed E-state index contributed by atoms with van der Waals surface area (Å²) in [5, 5.41) is 5.74. The van der Waals surface area contributed by atoms with E-state index in [0.717, 1.165) is 44.5 Å². The second kappa shape index (κ2) is 10.3. The topological polar surface area (TPSA) is 91.0 Å². The number of amides is 3. The summed E-state index contributed by atoms with van der Waals surface area (Å²) in [6.45, 7) is 5.93. The molecule has 0 bridgehead atoms. The molecule has 2 aliphatic rings. The molecule has 1 saturated heterocycles. The van der Waals surface area contributed by atoms with Crippen LogP contribution in [0.5, 0.6) is 5.75 Å². The van der Waals surface area contributed by atoms with Crippen molar-refractivity contribution < 1.29 is 19.1 Å². The highest BCUT2D eigenvalue weighted by Gasteiger charge is 2.32. The molecule has 0 aliphatic carbocycles. The molecule has 30 heavy (non-hydrogen) atoms. The molecule has 3 amide bonds. The van der Waals surface area contributed by atoms with Gasteiger partial charge in [0.15, 0.2) is 6.10 Å². The molecule has 1 unspecified atom stereocenters. The number of carbonyl (C=O) groups is 3. The number of para-hydroxylation sites is 2. The molecular formula is C22H32N4O4. The van der Waals surface area contributed by atoms with Crippen LogP contribution < -0.4 is 20.3 Å². The lowest BCUT2D eigenvalue weighted by molar-refractivity contribution is -0.131. The van der Waals surface area contributed by atoms with Gasteiger partial charge in [-0.05, 0) is 37.8 Å². The van der Waals surface area contributed by atoms with Crippen LogP contribution in [0.2, 0.25) is 0 Å². The fourth-order valence-corrected chi connectivity index (χ4v) is 3.86. The highest BCUT2D eigenvalue weighted by Crippen LogP contribution is 2.32. The number of ether oxygens (including phenoxy) is 1. The lowest BCUT2D eigenvalue weighted by Gasteiger charge is -2.35. The minimum atomic E-state index is -0.695. The molecular weight excluding hydrogens is 384 g/mol. The smallest absolute Gasteiger partial charge is 0.263 e. The fraction of sp³-hybridized carbons (Fsp3) is 0.591. The Morgan fingerprint density at radius 3 is 2.53 bits per heavy atom. The molecule has 0 saturated carbocycles. The number of fused-ring (bicyclic) bond motifs is 1. The molecule has 0 aromatic heterocycles. The molecule has 2 aliphatic heterocycles. The Morgan fingerprint density at radius 1 is 1.13 bits per heavy atom. The Labute approximate surface area is 177 Å². The van der Waals surface area contributed by atoms with E-state index in [1.807, 2.05) is 36.9 Å². The summed E-state index contributed by atoms with van der Waals surface area (Å²) in [6.07, 6.45) is 3.04. The summed E-state index contributed by atoms with van der Waals surface area (Å²) in [5.41, 5.74) is 0.769. The number of nitrogens with zero attached hydrogens (tertiary/aromatic N) is 2. The molecule has 3 rings (SSSR count). The van der Waals surface area contributed by atoms with E-state index in [9.17, 15) is 14.4 Å². The van der Waals surface area contributed by atoms with Gasteiger partial charge in [0.25, 0.3) is 5.91 Å². The molecule has 8 nitrogen and oxygen atoms in total. The van der Waals surface area contributed by atoms with E-state index in [1.54, 1.807) is 11.0 Å². The molecule has 2 heterocycles. The minimum Gasteiger partial charge on any atom is -0.477 e. The predicted octanol–water partition coefficient (Wildman–Crippen LogP) is 1.30. The van der Waals surface area contributed by atoms with E-state index >= 15 is 0 Å². The van der Waals surface area contributed by atoms with Crippen molar-refractivity contribution in [3.63, 3.8) is 0 Å². The lowest BCUT2D eigenvalue weighted by Crippen LogP contribution is -2.53. The second-order valence-corrected chi connectivity index (χ2v) is 7.84. The first-order valence-electron chi connectivity index (χ1n) is 10.9. The third kappa shape index (κ3) is 5.43. The molecule has 1 atom stereocenters. The van der Waals surface area contributed by atoms with Crippen LogP contribution in [0.15, 0.2) is 24.3 Å². The van der Waals surface area contributed by atoms with Crippen molar-refractivity contribution in [1.82, 2.24) is 15.5 Å². The van der Waals surface area contributed by atoms with Gasteiger partial charge >= 0.3 is 0 Å². The van der Waals surface area contributed by atoms with Gasteiger partial charge < -0.3 is 25.2 Å². The normalized spacial score (nSPS) is 18.0. The van der Waals surface area contributed by atoms with E-state index in [4.69, 9.17) is 4.74 Å². The van der Waals surface area contributed by atoms with Crippen LogP contribution in [-0.4, -0.2) is 67.5 Å². The van der Waals surface area contributed by atoms with Gasteiger partial charge in [-0.3, -0.25) is 14.4 Å². The highest BCUT2D eigenvalue weighted by atomic mass is 16.5. The average molecular weight is 417 g/mol. The van der Waals surface area contributed by atoms with Crippen molar-refractivity contribution in [3.8, 4) is 5.75 Å². The van der Waals surface area contributed by atoms with Crippen LogP contribution in [0.25, 0.3) is 0 Å². The summed E-state index contributed by atoms with van der Waals surface area (Å²) in [7, 11) is 0. The first kappa shape index (κ1) is 21.9. The van der Waals surface area contributed by atoms with Crippen LogP contribution in [-0.2, 0) is 14.4 Å². The van der Waals surface area contributed by atoms with E-state index < -0.39 is 6.10 Å². The Kier molecular flexibility index (Phi) is 7.54. The van der Waals surface area contributed by atoms with Gasteiger partial charge in [0.05, 0.1) is 25.3 Å². The number of likely N-dealkylation sites (tertiary alicyclic amines) is 1. The van der Waals surface area contributed by atoms with Crippen molar-refractivity contribution in [2.75, 3.05) is 37.6 Å². The fourth-order valence-electron chi connectivity index (χ4n) is 3.86. The Bertz CT molecular complexity index is 759. The van der Waals surface area contributed by atoms with Crippen LogP contribution >= 0.6 is 0 Å². The monoisotopic (exact) mass is 416 g/mol. The minimum absolute atomic E-state index is 0.00339. The Hall–Kier alpha value is -2.77. The SMILES string of the molecule is CCC(CC)NC(=O)C1CN(CC(=O)NCC(=O)N2CCCC2)c2ccccc2O1. The molecule has 2 N–H and O–H groups in total. The quantitative estimate of drug-likeness (QED) is 0.667. The van der Waals surface area contributed by atoms with Gasteiger partial charge in [0, 0.05) is 19.1 Å². The summed E-state index contributed by atoms with van der Waals surface area (Å²) in [6, 6.07) is 7.48. The van der Waals surface area contributed by atoms with Gasteiger partial charge in [-0.1, -0.05) is 26.0 Å². The molecule has 8 heteroatoms. The standard InChI is InChI=1S/C22H32N4O4/c1-3-16(4-2)24-22(29)19-14-26(17-9-5-6-10-18(17)30-19)15-20(27)23-13-21(28)25-11-7-8-12-25/h5-6,9-10,16,19H,3-4,7-8,11-15H2,1-2H3,(H,23,27)(H,24,29). The number of hydrogen-bond acceptors (Lipinski definition) is 5. The molecule has 1 aromatic carbocycles. The van der Waals surface area contributed by atoms with Gasteiger partial charge in [-0.2, -0.15) is 0 Å². The second-order valence-electron chi connectivity index (χ2n) is 7.84. The zero-order chi connectivity index (χ0) is 21.5. The van der Waals surface area contributed by atoms with E-state index in [2.05, 4.69) is 10.6 Å². The van der Waals surface area contributed by atoms with Gasteiger partial charge in [-0.25, -0.2) is 0 Å². The van der Waals surface area contributed by atoms with Crippen LogP contribution in [0.3, 0.4) is 0 Å². The third-order valence-electron chi connectivity index (χ3n) is 5.72. The maximum Gasteiger partial charge on any atom is 0.263 e. The lowest BCUT2D eigenvalue weighted by atomic mass is 10.1. The van der Waals surface area contributed by atoms with Crippen LogP contribution in [0.1, 0.15) is 39.5 Å². The average Bonchev–Trinajstić information content (AvgIpc) is 3.30. The summed E-state index contributed by atoms with van der Waals surface area (Å²) in [5.74, 6) is 0.103. The predicted molar refractivity (Wildman–Crippen MR) is 114 cm³/mol. The maximum atomic E-state index is 12.7. The van der Waals surface area contributed by atoms with Crippen molar-refractivity contribution in [2.45, 2.75) is 51.7 Å². The molecule has 1 fully saturated rings. The number of hydrogen-bond donors (Lipinski definition) is 2. The zero-order valence-corrected chi connectivity index (χ0v) is 17.9. The summed E-state index contributed by atoms with van der Waals surface area (Å²) < 4.78 is 5.91. The number of carbonyl (C=O) groups excluding carboxylic acids is 3. The van der Waals surface area contributed by atoms with Crippen molar-refractivity contribution in [2.24, 2.45) is 0 Å². The van der Waals surface area contributed by atoms with E-state index in [1.165, 1.54) is 0 Å². The molecule has 1 aromatic rings. The number of benzene rings is 1. The van der Waals surface area contributed by atoms with Crippen molar-refractivity contribution in [1.29, 1.82) is 0 Å². The Morgan fingerprint density at radius 2 is 1.83 bits per heavy atom. The van der Waals surface area contributed by atoms with Gasteiger partial charge in [0.2, 0.25) is 11.8 Å². The maximum absolute atomic E-state index is 12.7. The van der Waals surface area contributed by atoms with Crippen molar-refractivity contribution in [3.05, 3.63) is 24.3 Å². The summed E-state index contributed by atoms with van der Waals surface area (Å²) in [4.78, 5) is 41.0. The zero-order valence-electron chi connectivity index (χ0n) is 17.9. The van der Waals surface area contributed by atoms with E-state index in [-0.39, 0.29) is 43.4 Å². The molecule has 0 spiro atoms. The summed E-state index contributed by atoms with van der Waals surface area (Å²) >= 11 is 0. The first-order valence-corrected chi connectivity index (χ1v) is 10.9. The largest absolute Gasteiger partial charge is 0.477 e. The molecule has 164 valence electrons. The van der Waals surface area contributed by atoms with Crippen LogP contribution in [0, 0.1) is 0 Å². The third-order valence-corrected chi connectivity index (χ3v) is 5.72. The number of anilines is 1. The Balaban J connectivity index is 1.61.